The number of nitrogens with zero attached hydrogens (tertiary/aromatic N) is 2. The molecule has 6 nitrogen and oxygen atoms in total. The highest BCUT2D eigenvalue weighted by atomic mass is 79.9. The molecule has 0 aliphatic rings. The summed E-state index contributed by atoms with van der Waals surface area (Å²) in [6.45, 7) is 1.64. The second-order valence-corrected chi connectivity index (χ2v) is 6.96. The third kappa shape index (κ3) is 4.96. The number of phenolic OH excluding ortho intramolecular Hbond substituents is 1. The van der Waals surface area contributed by atoms with Gasteiger partial charge in [-0.1, -0.05) is 23.7 Å². The molecule has 0 saturated heterocycles. The van der Waals surface area contributed by atoms with Crippen molar-refractivity contribution >= 4 is 39.1 Å². The summed E-state index contributed by atoms with van der Waals surface area (Å²) in [6.07, 6.45) is 2.25. The van der Waals surface area contributed by atoms with Crippen molar-refractivity contribution in [2.75, 3.05) is 5.32 Å². The average molecular weight is 449 g/mol. The molecule has 1 aromatic heterocycles. The van der Waals surface area contributed by atoms with E-state index in [0.29, 0.717) is 32.3 Å². The first-order valence-electron chi connectivity index (χ1n) is 7.96. The monoisotopic (exact) mass is 447 g/mol. The predicted octanol–water partition coefficient (Wildman–Crippen LogP) is 4.67. The summed E-state index contributed by atoms with van der Waals surface area (Å²) in [4.78, 5) is 20.7. The van der Waals surface area contributed by atoms with E-state index in [0.717, 1.165) is 0 Å². The number of halogens is 2. The van der Waals surface area contributed by atoms with E-state index in [1.54, 1.807) is 49.4 Å². The minimum atomic E-state index is -0.742. The maximum atomic E-state index is 12.3. The van der Waals surface area contributed by atoms with Crippen LogP contribution in [0.1, 0.15) is 6.92 Å². The molecule has 0 bridgehead atoms. The van der Waals surface area contributed by atoms with Gasteiger partial charge in [0.05, 0.1) is 22.6 Å². The lowest BCUT2D eigenvalue weighted by molar-refractivity contribution is -0.122. The normalized spacial score (nSPS) is 11.7. The number of benzene rings is 2. The molecule has 1 amide bonds. The van der Waals surface area contributed by atoms with Crippen LogP contribution in [0.4, 0.5) is 5.69 Å². The molecule has 3 rings (SSSR count). The summed E-state index contributed by atoms with van der Waals surface area (Å²) in [5.41, 5.74) is 1.12. The van der Waals surface area contributed by atoms with Crippen molar-refractivity contribution in [3.05, 3.63) is 64.4 Å². The molecule has 0 aliphatic carbocycles. The molecular formula is C19H15BrClN3O3. The second kappa shape index (κ2) is 8.37. The second-order valence-electron chi connectivity index (χ2n) is 5.67. The molecule has 1 atom stereocenters. The summed E-state index contributed by atoms with van der Waals surface area (Å²) in [5.74, 6) is 0.745. The molecule has 2 aromatic carbocycles. The molecule has 8 heteroatoms. The number of anilines is 1. The summed E-state index contributed by atoms with van der Waals surface area (Å²) in [6, 6.07) is 11.7. The zero-order chi connectivity index (χ0) is 19.4. The van der Waals surface area contributed by atoms with Crippen LogP contribution >= 0.6 is 27.5 Å². The van der Waals surface area contributed by atoms with E-state index < -0.39 is 6.10 Å². The van der Waals surface area contributed by atoms with Gasteiger partial charge in [-0.15, -0.1) is 0 Å². The fraction of sp³-hybridized carbons (Fsp3) is 0.105. The van der Waals surface area contributed by atoms with Crippen molar-refractivity contribution in [3.63, 3.8) is 0 Å². The number of carbonyl (C=O) groups is 1. The highest BCUT2D eigenvalue weighted by Gasteiger charge is 2.17. The van der Waals surface area contributed by atoms with Crippen LogP contribution in [0.15, 0.2) is 59.3 Å². The summed E-state index contributed by atoms with van der Waals surface area (Å²) in [5, 5.41) is 12.8. The summed E-state index contributed by atoms with van der Waals surface area (Å²) in [7, 11) is 0. The lowest BCUT2D eigenvalue weighted by Crippen LogP contribution is -2.30. The Morgan fingerprint density at radius 3 is 2.63 bits per heavy atom. The lowest BCUT2D eigenvalue weighted by atomic mass is 10.2. The van der Waals surface area contributed by atoms with Crippen molar-refractivity contribution in [2.24, 2.45) is 0 Å². The first-order valence-corrected chi connectivity index (χ1v) is 9.13. The fourth-order valence-corrected chi connectivity index (χ4v) is 3.02. The van der Waals surface area contributed by atoms with E-state index in [1.807, 2.05) is 0 Å². The van der Waals surface area contributed by atoms with Crippen molar-refractivity contribution < 1.29 is 14.6 Å². The predicted molar refractivity (Wildman–Crippen MR) is 107 cm³/mol. The Labute approximate surface area is 169 Å². The van der Waals surface area contributed by atoms with E-state index >= 15 is 0 Å². The SMILES string of the molecule is CC(Oc1ccc(Cl)cc1Br)C(=O)Nc1cnc(-c2cccc(O)c2)nc1. The summed E-state index contributed by atoms with van der Waals surface area (Å²) >= 11 is 9.24. The Morgan fingerprint density at radius 2 is 1.96 bits per heavy atom. The van der Waals surface area contributed by atoms with E-state index in [4.69, 9.17) is 16.3 Å². The van der Waals surface area contributed by atoms with E-state index in [9.17, 15) is 9.90 Å². The van der Waals surface area contributed by atoms with Gasteiger partial charge in [-0.05, 0) is 53.2 Å². The van der Waals surface area contributed by atoms with Crippen LogP contribution in [-0.4, -0.2) is 27.1 Å². The Hall–Kier alpha value is -2.64. The molecule has 2 N–H and O–H groups in total. The number of hydrogen-bond donors (Lipinski definition) is 2. The zero-order valence-electron chi connectivity index (χ0n) is 14.2. The minimum Gasteiger partial charge on any atom is -0.508 e. The number of amides is 1. The van der Waals surface area contributed by atoms with Gasteiger partial charge in [-0.2, -0.15) is 0 Å². The van der Waals surface area contributed by atoms with Gasteiger partial charge in [0, 0.05) is 10.6 Å². The molecule has 0 aliphatic heterocycles. The van der Waals surface area contributed by atoms with E-state index in [2.05, 4.69) is 31.2 Å². The van der Waals surface area contributed by atoms with Crippen LogP contribution in [0.2, 0.25) is 5.02 Å². The van der Waals surface area contributed by atoms with Crippen LogP contribution < -0.4 is 10.1 Å². The maximum absolute atomic E-state index is 12.3. The molecule has 0 saturated carbocycles. The van der Waals surface area contributed by atoms with Gasteiger partial charge in [0.1, 0.15) is 11.5 Å². The largest absolute Gasteiger partial charge is 0.508 e. The van der Waals surface area contributed by atoms with Crippen molar-refractivity contribution in [1.82, 2.24) is 9.97 Å². The molecule has 0 spiro atoms. The third-order valence-electron chi connectivity index (χ3n) is 3.59. The van der Waals surface area contributed by atoms with Crippen molar-refractivity contribution in [3.8, 4) is 22.9 Å². The van der Waals surface area contributed by atoms with Crippen LogP contribution in [0, 0.1) is 0 Å². The number of carbonyl (C=O) groups excluding carboxylic acids is 1. The number of phenols is 1. The van der Waals surface area contributed by atoms with Crippen molar-refractivity contribution in [1.29, 1.82) is 0 Å². The molecule has 0 fully saturated rings. The molecule has 27 heavy (non-hydrogen) atoms. The van der Waals surface area contributed by atoms with Crippen LogP contribution in [-0.2, 0) is 4.79 Å². The molecule has 1 heterocycles. The third-order valence-corrected chi connectivity index (χ3v) is 4.45. The molecule has 1 unspecified atom stereocenters. The molecule has 138 valence electrons. The minimum absolute atomic E-state index is 0.132. The average Bonchev–Trinajstić information content (AvgIpc) is 2.64. The van der Waals surface area contributed by atoms with Crippen molar-refractivity contribution in [2.45, 2.75) is 13.0 Å². The van der Waals surface area contributed by atoms with Gasteiger partial charge in [0.15, 0.2) is 11.9 Å². The maximum Gasteiger partial charge on any atom is 0.265 e. The Kier molecular flexibility index (Phi) is 5.93. The zero-order valence-corrected chi connectivity index (χ0v) is 16.5. The first kappa shape index (κ1) is 19.1. The summed E-state index contributed by atoms with van der Waals surface area (Å²) < 4.78 is 6.31. The van der Waals surface area contributed by atoms with Crippen LogP contribution in [0.3, 0.4) is 0 Å². The highest BCUT2D eigenvalue weighted by molar-refractivity contribution is 9.10. The molecule has 3 aromatic rings. The smallest absolute Gasteiger partial charge is 0.265 e. The quantitative estimate of drug-likeness (QED) is 0.592. The van der Waals surface area contributed by atoms with Gasteiger partial charge in [0.2, 0.25) is 0 Å². The lowest BCUT2D eigenvalue weighted by Gasteiger charge is -2.15. The van der Waals surface area contributed by atoms with Gasteiger partial charge in [-0.3, -0.25) is 4.79 Å². The number of hydrogen-bond acceptors (Lipinski definition) is 5. The Bertz CT molecular complexity index is 967. The van der Waals surface area contributed by atoms with Crippen LogP contribution in [0.25, 0.3) is 11.4 Å². The number of ether oxygens (including phenoxy) is 1. The van der Waals surface area contributed by atoms with Gasteiger partial charge >= 0.3 is 0 Å². The van der Waals surface area contributed by atoms with Gasteiger partial charge < -0.3 is 15.2 Å². The highest BCUT2D eigenvalue weighted by Crippen LogP contribution is 2.29. The van der Waals surface area contributed by atoms with E-state index in [-0.39, 0.29) is 11.7 Å². The Morgan fingerprint density at radius 1 is 1.22 bits per heavy atom. The fourth-order valence-electron chi connectivity index (χ4n) is 2.25. The van der Waals surface area contributed by atoms with Crippen LogP contribution in [0.5, 0.6) is 11.5 Å². The van der Waals surface area contributed by atoms with Gasteiger partial charge in [0.25, 0.3) is 5.91 Å². The first-order chi connectivity index (χ1) is 12.9. The molecule has 0 radical (unpaired) electrons. The number of nitrogens with one attached hydrogen (secondary N) is 1. The Balaban J connectivity index is 1.65. The number of rotatable bonds is 5. The topological polar surface area (TPSA) is 84.3 Å². The standard InChI is InChI=1S/C19H15BrClN3O3/c1-11(27-17-6-5-13(21)8-16(17)20)19(26)24-14-9-22-18(23-10-14)12-3-2-4-15(25)7-12/h2-11,25H,1H3,(H,24,26). The molecular weight excluding hydrogens is 434 g/mol. The number of aromatic nitrogens is 2. The number of aromatic hydroxyl groups is 1. The van der Waals surface area contributed by atoms with Gasteiger partial charge in [-0.25, -0.2) is 9.97 Å². The van der Waals surface area contributed by atoms with E-state index in [1.165, 1.54) is 12.4 Å².